The molecule has 0 unspecified atom stereocenters. The van der Waals surface area contributed by atoms with Crippen LogP contribution in [-0.2, 0) is 6.18 Å². The fourth-order valence-corrected chi connectivity index (χ4v) is 4.65. The van der Waals surface area contributed by atoms with Gasteiger partial charge >= 0.3 is 6.18 Å². The Kier molecular flexibility index (Phi) is 5.98. The van der Waals surface area contributed by atoms with Crippen molar-refractivity contribution >= 4 is 34.4 Å². The number of rotatable bonds is 3. The Morgan fingerprint density at radius 1 is 1.06 bits per heavy atom. The van der Waals surface area contributed by atoms with E-state index in [4.69, 9.17) is 11.6 Å². The summed E-state index contributed by atoms with van der Waals surface area (Å²) >= 11 is 6.27. The Labute approximate surface area is 206 Å². The summed E-state index contributed by atoms with van der Waals surface area (Å²) in [4.78, 5) is 15.6. The predicted molar refractivity (Wildman–Crippen MR) is 125 cm³/mol. The zero-order valence-electron chi connectivity index (χ0n) is 18.7. The van der Waals surface area contributed by atoms with E-state index in [1.165, 1.54) is 0 Å². The number of anilines is 2. The van der Waals surface area contributed by atoms with Gasteiger partial charge in [-0.05, 0) is 48.9 Å². The van der Waals surface area contributed by atoms with Crippen LogP contribution in [0.15, 0.2) is 42.6 Å². The highest BCUT2D eigenvalue weighted by Gasteiger charge is 2.33. The quantitative estimate of drug-likeness (QED) is 0.247. The lowest BCUT2D eigenvalue weighted by molar-refractivity contribution is -0.137. The molecule has 2 aromatic carbocycles. The lowest BCUT2D eigenvalue weighted by Crippen LogP contribution is -2.52. The molecule has 1 N–H and O–H groups in total. The Hall–Kier alpha value is -3.47. The zero-order chi connectivity index (χ0) is 25.8. The molecule has 5 nitrogen and oxygen atoms in total. The van der Waals surface area contributed by atoms with Gasteiger partial charge in [0.1, 0.15) is 5.82 Å². The van der Waals surface area contributed by atoms with E-state index in [0.29, 0.717) is 48.6 Å². The maximum Gasteiger partial charge on any atom is 0.416 e. The van der Waals surface area contributed by atoms with Crippen LogP contribution in [0.1, 0.15) is 12.5 Å². The van der Waals surface area contributed by atoms with Gasteiger partial charge < -0.3 is 14.8 Å². The number of aromatic amines is 1. The van der Waals surface area contributed by atoms with E-state index in [2.05, 4.69) is 15.0 Å². The summed E-state index contributed by atoms with van der Waals surface area (Å²) in [6.07, 6.45) is -3.10. The number of fused-ring (bicyclic) bond motifs is 1. The molecule has 0 bridgehead atoms. The van der Waals surface area contributed by atoms with Crippen LogP contribution in [0, 0.1) is 17.5 Å². The van der Waals surface area contributed by atoms with Crippen LogP contribution in [0.2, 0.25) is 5.02 Å². The van der Waals surface area contributed by atoms with E-state index < -0.39 is 29.2 Å². The monoisotopic (exact) mass is 525 g/mol. The first-order valence-electron chi connectivity index (χ1n) is 10.9. The number of hydrogen-bond acceptors (Lipinski definition) is 4. The van der Waals surface area contributed by atoms with Crippen molar-refractivity contribution in [2.24, 2.45) is 0 Å². The van der Waals surface area contributed by atoms with E-state index >= 15 is 0 Å². The molecule has 0 amide bonds. The largest absolute Gasteiger partial charge is 0.416 e. The number of pyridine rings is 1. The highest BCUT2D eigenvalue weighted by molar-refractivity contribution is 6.32. The van der Waals surface area contributed by atoms with Crippen LogP contribution in [0.5, 0.6) is 0 Å². The van der Waals surface area contributed by atoms with Gasteiger partial charge in [-0.1, -0.05) is 11.6 Å². The smallest absolute Gasteiger partial charge is 0.352 e. The van der Waals surface area contributed by atoms with Crippen LogP contribution < -0.4 is 9.80 Å². The Morgan fingerprint density at radius 3 is 2.42 bits per heavy atom. The number of halogens is 7. The van der Waals surface area contributed by atoms with E-state index in [1.54, 1.807) is 18.3 Å². The number of aromatic nitrogens is 3. The van der Waals surface area contributed by atoms with Gasteiger partial charge in [0.05, 0.1) is 21.6 Å². The van der Waals surface area contributed by atoms with Crippen molar-refractivity contribution in [3.05, 3.63) is 70.6 Å². The van der Waals surface area contributed by atoms with Crippen LogP contribution in [-0.4, -0.2) is 40.6 Å². The van der Waals surface area contributed by atoms with Crippen molar-refractivity contribution in [1.82, 2.24) is 15.0 Å². The standard InChI is InChI=1S/C24H18ClF6N5/c1-12-11-35(22-16(25)3-2-4-32-22)5-6-36(12)23-33-19-10-14(24(29,30)31)9-15(21(19)34-23)13-7-17(26)20(28)18(27)8-13/h2-4,7-10,12H,5-6,11H2,1H3,(H,33,34)/t12-/m1/s1. The van der Waals surface area contributed by atoms with E-state index in [0.717, 1.165) is 12.1 Å². The molecule has 1 atom stereocenters. The molecule has 1 saturated heterocycles. The number of alkyl halides is 3. The molecule has 36 heavy (non-hydrogen) atoms. The second-order valence-electron chi connectivity index (χ2n) is 8.53. The third kappa shape index (κ3) is 4.32. The van der Waals surface area contributed by atoms with Crippen molar-refractivity contribution < 1.29 is 26.3 Å². The second-order valence-corrected chi connectivity index (χ2v) is 8.93. The van der Waals surface area contributed by atoms with Crippen LogP contribution in [0.4, 0.5) is 38.1 Å². The molecule has 188 valence electrons. The van der Waals surface area contributed by atoms with Crippen LogP contribution in [0.3, 0.4) is 0 Å². The molecule has 0 aliphatic carbocycles. The number of benzene rings is 2. The van der Waals surface area contributed by atoms with Gasteiger partial charge in [0.15, 0.2) is 17.5 Å². The van der Waals surface area contributed by atoms with Crippen molar-refractivity contribution in [2.75, 3.05) is 29.4 Å². The first-order chi connectivity index (χ1) is 17.0. The maximum atomic E-state index is 13.9. The summed E-state index contributed by atoms with van der Waals surface area (Å²) in [5.74, 6) is -3.78. The molecule has 2 aromatic heterocycles. The highest BCUT2D eigenvalue weighted by Crippen LogP contribution is 2.38. The lowest BCUT2D eigenvalue weighted by atomic mass is 10.0. The lowest BCUT2D eigenvalue weighted by Gasteiger charge is -2.40. The Morgan fingerprint density at radius 2 is 1.78 bits per heavy atom. The van der Waals surface area contributed by atoms with Gasteiger partial charge in [-0.3, -0.25) is 0 Å². The molecular weight excluding hydrogens is 508 g/mol. The van der Waals surface area contributed by atoms with E-state index in [-0.39, 0.29) is 28.2 Å². The molecule has 0 saturated carbocycles. The van der Waals surface area contributed by atoms with Crippen molar-refractivity contribution in [3.63, 3.8) is 0 Å². The van der Waals surface area contributed by atoms with Gasteiger partial charge in [-0.2, -0.15) is 13.2 Å². The van der Waals surface area contributed by atoms with E-state index in [1.807, 2.05) is 16.7 Å². The number of hydrogen-bond donors (Lipinski definition) is 1. The minimum absolute atomic E-state index is 0.0395. The highest BCUT2D eigenvalue weighted by atomic mass is 35.5. The fourth-order valence-electron chi connectivity index (χ4n) is 4.41. The predicted octanol–water partition coefficient (Wildman–Crippen LogP) is 6.43. The normalized spacial score (nSPS) is 16.7. The first kappa shape index (κ1) is 24.2. The Balaban J connectivity index is 1.55. The van der Waals surface area contributed by atoms with Crippen molar-refractivity contribution in [2.45, 2.75) is 19.1 Å². The molecule has 12 heteroatoms. The van der Waals surface area contributed by atoms with Crippen LogP contribution >= 0.6 is 11.6 Å². The molecule has 0 radical (unpaired) electrons. The number of nitrogens with zero attached hydrogens (tertiary/aromatic N) is 4. The molecule has 1 aliphatic heterocycles. The average molecular weight is 526 g/mol. The van der Waals surface area contributed by atoms with Gasteiger partial charge in [0, 0.05) is 37.4 Å². The van der Waals surface area contributed by atoms with Crippen molar-refractivity contribution in [3.8, 4) is 11.1 Å². The summed E-state index contributed by atoms with van der Waals surface area (Å²) in [6, 6.07) is 6.28. The number of piperazine rings is 1. The summed E-state index contributed by atoms with van der Waals surface area (Å²) in [6.45, 7) is 3.41. The molecule has 0 spiro atoms. The number of imidazole rings is 1. The molecular formula is C24H18ClF6N5. The Bertz CT molecular complexity index is 1430. The van der Waals surface area contributed by atoms with Gasteiger partial charge in [0.2, 0.25) is 5.95 Å². The second kappa shape index (κ2) is 8.88. The summed E-state index contributed by atoms with van der Waals surface area (Å²) < 4.78 is 82.2. The summed E-state index contributed by atoms with van der Waals surface area (Å²) in [5, 5.41) is 0.505. The molecule has 1 fully saturated rings. The van der Waals surface area contributed by atoms with Gasteiger partial charge in [-0.25, -0.2) is 23.1 Å². The van der Waals surface area contributed by atoms with Crippen LogP contribution in [0.25, 0.3) is 22.2 Å². The SMILES string of the molecule is C[C@@H]1CN(c2ncccc2Cl)CCN1c1nc2cc(C(F)(F)F)cc(-c3cc(F)c(F)c(F)c3)c2[nH]1. The van der Waals surface area contributed by atoms with E-state index in [9.17, 15) is 26.3 Å². The molecule has 1 aliphatic rings. The van der Waals surface area contributed by atoms with Gasteiger partial charge in [-0.15, -0.1) is 0 Å². The summed E-state index contributed by atoms with van der Waals surface area (Å²) in [5.41, 5.74) is -1.34. The molecule has 5 rings (SSSR count). The van der Waals surface area contributed by atoms with Gasteiger partial charge in [0.25, 0.3) is 0 Å². The summed E-state index contributed by atoms with van der Waals surface area (Å²) in [7, 11) is 0. The number of nitrogens with one attached hydrogen (secondary N) is 1. The third-order valence-corrected chi connectivity index (χ3v) is 6.44. The third-order valence-electron chi connectivity index (χ3n) is 6.14. The van der Waals surface area contributed by atoms with Crippen molar-refractivity contribution in [1.29, 1.82) is 0 Å². The topological polar surface area (TPSA) is 48.1 Å². The maximum absolute atomic E-state index is 13.9. The zero-order valence-corrected chi connectivity index (χ0v) is 19.4. The number of H-pyrrole nitrogens is 1. The molecule has 4 aromatic rings. The molecule has 3 heterocycles. The minimum Gasteiger partial charge on any atom is -0.352 e. The minimum atomic E-state index is -4.74. The fraction of sp³-hybridized carbons (Fsp3) is 0.250. The average Bonchev–Trinajstić information content (AvgIpc) is 3.25. The first-order valence-corrected chi connectivity index (χ1v) is 11.3.